The Balaban J connectivity index is 1.74. The Morgan fingerprint density at radius 1 is 0.898 bits per heavy atom. The number of nitrogens with zero attached hydrogens (tertiary/aromatic N) is 2. The number of thiazole rings is 1. The highest BCUT2D eigenvalue weighted by Crippen LogP contribution is 2.25. The van der Waals surface area contributed by atoms with Gasteiger partial charge in [-0.05, 0) is 37.0 Å². The fraction of sp³-hybridized carbons (Fsp3) is 0.406. The second-order valence-electron chi connectivity index (χ2n) is 11.6. The van der Waals surface area contributed by atoms with Crippen LogP contribution in [0.2, 0.25) is 0 Å². The monoisotopic (exact) mass is 705 g/mol. The van der Waals surface area contributed by atoms with Gasteiger partial charge in [-0.25, -0.2) is 4.98 Å². The summed E-state index contributed by atoms with van der Waals surface area (Å²) in [5.41, 5.74) is 6.50. The van der Waals surface area contributed by atoms with E-state index in [2.05, 4.69) is 25.9 Å². The van der Waals surface area contributed by atoms with Gasteiger partial charge in [0.2, 0.25) is 23.6 Å². The van der Waals surface area contributed by atoms with Gasteiger partial charge in [0.1, 0.15) is 28.8 Å². The van der Waals surface area contributed by atoms with Crippen molar-refractivity contribution in [2.45, 2.75) is 76.5 Å². The van der Waals surface area contributed by atoms with Crippen molar-refractivity contribution in [3.8, 4) is 10.6 Å². The van der Waals surface area contributed by atoms with Crippen molar-refractivity contribution in [2.24, 2.45) is 11.7 Å². The number of hydrogen-bond acceptors (Lipinski definition) is 9. The quantitative estimate of drug-likeness (QED) is 0.129. The summed E-state index contributed by atoms with van der Waals surface area (Å²) in [5.74, 6) is -4.64. The fourth-order valence-corrected chi connectivity index (χ4v) is 5.40. The number of carbonyl (C=O) groups excluding carboxylic acids is 5. The number of aliphatic hydroxyl groups is 1. The van der Waals surface area contributed by atoms with Crippen molar-refractivity contribution in [3.05, 3.63) is 71.5 Å². The number of nitrogens with two attached hydrogens (primary N) is 1. The van der Waals surface area contributed by atoms with Crippen LogP contribution in [0, 0.1) is 5.92 Å². The van der Waals surface area contributed by atoms with Gasteiger partial charge in [-0.3, -0.25) is 29.0 Å². The highest BCUT2D eigenvalue weighted by atomic mass is 32.1. The molecule has 49 heavy (non-hydrogen) atoms. The van der Waals surface area contributed by atoms with E-state index < -0.39 is 84.7 Å². The molecule has 2 unspecified atom stereocenters. The van der Waals surface area contributed by atoms with Gasteiger partial charge in [0.05, 0.1) is 6.04 Å². The maximum absolute atomic E-state index is 13.6. The fourth-order valence-electron chi connectivity index (χ4n) is 4.60. The van der Waals surface area contributed by atoms with Crippen LogP contribution < -0.4 is 27.0 Å². The van der Waals surface area contributed by atoms with Crippen molar-refractivity contribution in [1.82, 2.24) is 31.2 Å². The van der Waals surface area contributed by atoms with Crippen molar-refractivity contribution in [3.63, 3.8) is 0 Å². The number of nitrogens with one attached hydrogen (secondary N) is 4. The number of primary amides is 1. The van der Waals surface area contributed by atoms with Gasteiger partial charge < -0.3 is 32.1 Å². The topological polar surface area (TPSA) is 206 Å². The third-order valence-corrected chi connectivity index (χ3v) is 8.20. The Morgan fingerprint density at radius 2 is 1.55 bits per heavy atom. The van der Waals surface area contributed by atoms with E-state index in [4.69, 9.17) is 5.73 Å². The Kier molecular flexibility index (Phi) is 13.8. The number of alkyl halides is 3. The maximum Gasteiger partial charge on any atom is 0.416 e. The van der Waals surface area contributed by atoms with Crippen LogP contribution in [0.1, 0.15) is 49.7 Å². The van der Waals surface area contributed by atoms with Gasteiger partial charge in [0, 0.05) is 36.2 Å². The molecule has 0 fully saturated rings. The van der Waals surface area contributed by atoms with Crippen molar-refractivity contribution in [1.29, 1.82) is 0 Å². The van der Waals surface area contributed by atoms with Crippen molar-refractivity contribution >= 4 is 40.9 Å². The standard InChI is InChI=1S/C32H38F3N7O6S/c1-17(2)25(42-29(47)23-16-49-31(41-23)20-11-13-37-14-12-20)30(48)40-22(15-19-7-5-4-6-8-19)28(46)38-18(3)27(45)39-21(9-10-24(36)43)26(44)32(33,34)35/h4-8,11-14,16-18,21-22,25-26,44H,9-10,15H2,1-3H3,(H2,36,43)(H,38,46)(H,39,45)(H,40,48)(H,42,47)/t18-,21?,22-,25-,26?/m0/s1. The zero-order valence-electron chi connectivity index (χ0n) is 26.9. The predicted octanol–water partition coefficient (Wildman–Crippen LogP) is 1.87. The maximum atomic E-state index is 13.6. The first-order chi connectivity index (χ1) is 23.1. The molecule has 17 heteroatoms. The summed E-state index contributed by atoms with van der Waals surface area (Å²) >= 11 is 1.23. The third kappa shape index (κ3) is 11.6. The molecule has 13 nitrogen and oxygen atoms in total. The van der Waals surface area contributed by atoms with E-state index in [1.54, 1.807) is 74.1 Å². The summed E-state index contributed by atoms with van der Waals surface area (Å²) in [6.07, 6.45) is -6.13. The molecule has 5 amide bonds. The number of aliphatic hydroxyl groups excluding tert-OH is 1. The summed E-state index contributed by atoms with van der Waals surface area (Å²) in [6.45, 7) is 4.58. The molecule has 0 bridgehead atoms. The highest BCUT2D eigenvalue weighted by molar-refractivity contribution is 7.13. The van der Waals surface area contributed by atoms with E-state index in [1.807, 2.05) is 5.32 Å². The molecule has 3 rings (SSSR count). The molecule has 3 aromatic rings. The predicted molar refractivity (Wildman–Crippen MR) is 174 cm³/mol. The number of halogens is 3. The summed E-state index contributed by atoms with van der Waals surface area (Å²) in [7, 11) is 0. The van der Waals surface area contributed by atoms with Crippen LogP contribution in [0.5, 0.6) is 0 Å². The highest BCUT2D eigenvalue weighted by Gasteiger charge is 2.44. The van der Waals surface area contributed by atoms with Gasteiger partial charge in [0.25, 0.3) is 5.91 Å². The molecule has 0 aliphatic carbocycles. The summed E-state index contributed by atoms with van der Waals surface area (Å²) in [4.78, 5) is 72.5. The number of pyridine rings is 1. The van der Waals surface area contributed by atoms with E-state index in [0.717, 1.165) is 5.56 Å². The molecule has 0 saturated heterocycles. The second-order valence-corrected chi connectivity index (χ2v) is 12.4. The summed E-state index contributed by atoms with van der Waals surface area (Å²) in [6, 6.07) is 6.31. The molecular formula is C32H38F3N7O6S. The minimum absolute atomic E-state index is 0.0408. The van der Waals surface area contributed by atoms with Gasteiger partial charge in [-0.15, -0.1) is 11.3 Å². The summed E-state index contributed by atoms with van der Waals surface area (Å²) < 4.78 is 39.7. The molecule has 7 N–H and O–H groups in total. The molecule has 2 heterocycles. The third-order valence-electron chi connectivity index (χ3n) is 7.31. The Hall–Kier alpha value is -4.90. The zero-order chi connectivity index (χ0) is 36.3. The van der Waals surface area contributed by atoms with Crippen LogP contribution in [0.15, 0.2) is 60.2 Å². The van der Waals surface area contributed by atoms with E-state index in [1.165, 1.54) is 18.3 Å². The Morgan fingerprint density at radius 3 is 2.14 bits per heavy atom. The Labute approximate surface area is 284 Å². The van der Waals surface area contributed by atoms with Gasteiger partial charge in [-0.1, -0.05) is 44.2 Å². The molecule has 2 aromatic heterocycles. The number of rotatable bonds is 16. The number of benzene rings is 1. The number of amides is 5. The van der Waals surface area contributed by atoms with E-state index in [0.29, 0.717) is 10.6 Å². The summed E-state index contributed by atoms with van der Waals surface area (Å²) in [5, 5.41) is 21.6. The van der Waals surface area contributed by atoms with E-state index in [9.17, 15) is 42.3 Å². The number of hydrogen-bond donors (Lipinski definition) is 6. The molecule has 1 aromatic carbocycles. The molecule has 0 aliphatic rings. The first-order valence-electron chi connectivity index (χ1n) is 15.2. The number of aromatic nitrogens is 2. The smallest absolute Gasteiger partial charge is 0.382 e. The lowest BCUT2D eigenvalue weighted by Crippen LogP contribution is -2.59. The van der Waals surface area contributed by atoms with E-state index in [-0.39, 0.29) is 12.1 Å². The minimum atomic E-state index is -5.11. The molecule has 264 valence electrons. The van der Waals surface area contributed by atoms with Crippen molar-refractivity contribution < 1.29 is 42.3 Å². The molecule has 0 aliphatic heterocycles. The van der Waals surface area contributed by atoms with E-state index >= 15 is 0 Å². The molecular weight excluding hydrogens is 667 g/mol. The van der Waals surface area contributed by atoms with Crippen LogP contribution in [0.25, 0.3) is 10.6 Å². The molecule has 0 spiro atoms. The lowest BCUT2D eigenvalue weighted by atomic mass is 10.0. The SMILES string of the molecule is CC(C)[C@H](NC(=O)c1csc(-c2ccncc2)n1)C(=O)N[C@@H](Cc1ccccc1)C(=O)N[C@@H](C)C(=O)NC(CCC(N)=O)C(O)C(F)(F)F. The zero-order valence-corrected chi connectivity index (χ0v) is 27.7. The average Bonchev–Trinajstić information content (AvgIpc) is 3.55. The molecule has 5 atom stereocenters. The molecule has 0 saturated carbocycles. The average molecular weight is 706 g/mol. The van der Waals surface area contributed by atoms with Crippen LogP contribution in [0.3, 0.4) is 0 Å². The largest absolute Gasteiger partial charge is 0.416 e. The van der Waals surface area contributed by atoms with Crippen molar-refractivity contribution in [2.75, 3.05) is 0 Å². The molecule has 0 radical (unpaired) electrons. The van der Waals surface area contributed by atoms with Gasteiger partial charge >= 0.3 is 6.18 Å². The van der Waals surface area contributed by atoms with Crippen LogP contribution >= 0.6 is 11.3 Å². The minimum Gasteiger partial charge on any atom is -0.382 e. The van der Waals surface area contributed by atoms with Crippen LogP contribution in [-0.4, -0.2) is 81.1 Å². The first kappa shape index (κ1) is 38.5. The lowest BCUT2D eigenvalue weighted by molar-refractivity contribution is -0.212. The lowest BCUT2D eigenvalue weighted by Gasteiger charge is -2.28. The van der Waals surface area contributed by atoms with Gasteiger partial charge in [-0.2, -0.15) is 13.2 Å². The number of carbonyl (C=O) groups is 5. The van der Waals surface area contributed by atoms with Gasteiger partial charge in [0.15, 0.2) is 6.10 Å². The first-order valence-corrected chi connectivity index (χ1v) is 16.1. The Bertz CT molecular complexity index is 1590. The normalized spacial score (nSPS) is 14.5. The second kappa shape index (κ2) is 17.5. The van der Waals surface area contributed by atoms with Crippen LogP contribution in [0.4, 0.5) is 13.2 Å². The van der Waals surface area contributed by atoms with Crippen LogP contribution in [-0.2, 0) is 25.6 Å².